The number of pyridine rings is 1. The summed E-state index contributed by atoms with van der Waals surface area (Å²) < 4.78 is 46.0. The van der Waals surface area contributed by atoms with Gasteiger partial charge in [-0.3, -0.25) is 0 Å². The SMILES string of the molecule is CC(C)c1ccc(O[C@@H](C)C(F)(F)F)n2nc(N[C@@H]3[C@@H]4CC[C@H]3CN(c3cnnc(Cl)c3)C4)nc12. The van der Waals surface area contributed by atoms with E-state index in [1.165, 1.54) is 10.6 Å². The van der Waals surface area contributed by atoms with Crippen LogP contribution in [0.4, 0.5) is 24.8 Å². The summed E-state index contributed by atoms with van der Waals surface area (Å²) in [4.78, 5) is 6.95. The normalized spacial score (nSPS) is 23.2. The molecule has 5 rings (SSSR count). The fourth-order valence-electron chi connectivity index (χ4n) is 5.13. The minimum Gasteiger partial charge on any atom is -0.465 e. The highest BCUT2D eigenvalue weighted by Crippen LogP contribution is 2.40. The summed E-state index contributed by atoms with van der Waals surface area (Å²) in [5.41, 5.74) is 2.34. The van der Waals surface area contributed by atoms with Gasteiger partial charge in [0.25, 0.3) is 0 Å². The molecular formula is C23H27ClF3N7O. The maximum Gasteiger partial charge on any atom is 0.425 e. The van der Waals surface area contributed by atoms with Crippen LogP contribution in [0.1, 0.15) is 45.1 Å². The highest BCUT2D eigenvalue weighted by Gasteiger charge is 2.43. The molecule has 0 aromatic carbocycles. The third kappa shape index (κ3) is 4.70. The van der Waals surface area contributed by atoms with Gasteiger partial charge in [0.15, 0.2) is 16.9 Å². The lowest BCUT2D eigenvalue weighted by atomic mass is 9.92. The molecule has 1 aliphatic heterocycles. The largest absolute Gasteiger partial charge is 0.465 e. The average molecular weight is 510 g/mol. The molecule has 0 unspecified atom stereocenters. The lowest BCUT2D eigenvalue weighted by Crippen LogP contribution is -2.48. The molecule has 1 aliphatic carbocycles. The first-order chi connectivity index (χ1) is 16.6. The van der Waals surface area contributed by atoms with E-state index in [0.717, 1.165) is 44.1 Å². The Balaban J connectivity index is 1.40. The summed E-state index contributed by atoms with van der Waals surface area (Å²) in [6, 6.07) is 5.27. The zero-order valence-corrected chi connectivity index (χ0v) is 20.4. The molecule has 8 nitrogen and oxygen atoms in total. The summed E-state index contributed by atoms with van der Waals surface area (Å²) in [7, 11) is 0. The number of hydrogen-bond acceptors (Lipinski definition) is 7. The van der Waals surface area contributed by atoms with Crippen molar-refractivity contribution >= 4 is 28.9 Å². The van der Waals surface area contributed by atoms with Crippen LogP contribution in [0.2, 0.25) is 5.15 Å². The molecule has 1 saturated heterocycles. The van der Waals surface area contributed by atoms with Crippen molar-refractivity contribution in [2.24, 2.45) is 11.8 Å². The second kappa shape index (κ2) is 9.00. The van der Waals surface area contributed by atoms with Gasteiger partial charge >= 0.3 is 6.18 Å². The molecule has 12 heteroatoms. The average Bonchev–Trinajstić information content (AvgIpc) is 3.30. The zero-order valence-electron chi connectivity index (χ0n) is 19.6. The first-order valence-electron chi connectivity index (χ1n) is 11.7. The number of halogens is 4. The van der Waals surface area contributed by atoms with E-state index in [0.29, 0.717) is 28.6 Å². The van der Waals surface area contributed by atoms with Crippen LogP contribution in [0.3, 0.4) is 0 Å². The summed E-state index contributed by atoms with van der Waals surface area (Å²) in [6.45, 7) is 6.66. The summed E-state index contributed by atoms with van der Waals surface area (Å²) in [6.07, 6.45) is -2.60. The number of alkyl halides is 3. The van der Waals surface area contributed by atoms with E-state index in [9.17, 15) is 13.2 Å². The van der Waals surface area contributed by atoms with Crippen LogP contribution < -0.4 is 15.0 Å². The van der Waals surface area contributed by atoms with Crippen molar-refractivity contribution in [3.63, 3.8) is 0 Å². The predicted octanol–water partition coefficient (Wildman–Crippen LogP) is 4.95. The molecule has 2 fully saturated rings. The van der Waals surface area contributed by atoms with Crippen LogP contribution >= 0.6 is 11.6 Å². The monoisotopic (exact) mass is 509 g/mol. The van der Waals surface area contributed by atoms with Crippen LogP contribution in [0.25, 0.3) is 5.65 Å². The second-order valence-electron chi connectivity index (χ2n) is 9.66. The highest BCUT2D eigenvalue weighted by atomic mass is 35.5. The Hall–Kier alpha value is -2.82. The minimum absolute atomic E-state index is 0.00892. The molecular weight excluding hydrogens is 483 g/mol. The summed E-state index contributed by atoms with van der Waals surface area (Å²) in [5, 5.41) is 16.2. The van der Waals surface area contributed by atoms with Crippen molar-refractivity contribution < 1.29 is 17.9 Å². The van der Waals surface area contributed by atoms with Gasteiger partial charge in [0.1, 0.15) is 0 Å². The topological polar surface area (TPSA) is 80.5 Å². The Bertz CT molecular complexity index is 1200. The first-order valence-corrected chi connectivity index (χ1v) is 12.1. The van der Waals surface area contributed by atoms with Gasteiger partial charge in [0.2, 0.25) is 11.8 Å². The highest BCUT2D eigenvalue weighted by molar-refractivity contribution is 6.29. The van der Waals surface area contributed by atoms with E-state index < -0.39 is 12.3 Å². The van der Waals surface area contributed by atoms with E-state index in [-0.39, 0.29) is 17.8 Å². The third-order valence-electron chi connectivity index (χ3n) is 6.97. The van der Waals surface area contributed by atoms with Gasteiger partial charge in [-0.25, -0.2) is 0 Å². The number of piperidine rings is 1. The number of fused-ring (bicyclic) bond motifs is 3. The van der Waals surface area contributed by atoms with E-state index in [1.54, 1.807) is 12.3 Å². The standard InChI is InChI=1S/C23H27ClF3N7O/c1-12(2)17-6-7-19(35-13(3)23(25,26)27)34-21(17)30-22(32-34)29-20-14-4-5-15(20)11-33(10-14)16-8-18(24)31-28-9-16/h6-9,12-15,20H,4-5,10-11H2,1-3H3,(H,29,32)/t13-,14-,15+,20-/m0/s1. The molecule has 3 aromatic rings. The zero-order chi connectivity index (χ0) is 24.9. The number of aromatic nitrogens is 5. The number of anilines is 2. The Labute approximate surface area is 205 Å². The Morgan fingerprint density at radius 3 is 2.49 bits per heavy atom. The van der Waals surface area contributed by atoms with Crippen molar-refractivity contribution in [2.75, 3.05) is 23.3 Å². The first kappa shape index (κ1) is 23.9. The smallest absolute Gasteiger partial charge is 0.425 e. The van der Waals surface area contributed by atoms with Gasteiger partial charge in [-0.1, -0.05) is 25.4 Å². The molecule has 1 N–H and O–H groups in total. The van der Waals surface area contributed by atoms with Crippen molar-refractivity contribution in [1.29, 1.82) is 0 Å². The maximum absolute atomic E-state index is 13.1. The van der Waals surface area contributed by atoms with Gasteiger partial charge in [0, 0.05) is 31.3 Å². The molecule has 3 aromatic heterocycles. The summed E-state index contributed by atoms with van der Waals surface area (Å²) in [5.74, 6) is 1.24. The molecule has 0 radical (unpaired) electrons. The van der Waals surface area contributed by atoms with E-state index in [1.807, 2.05) is 19.9 Å². The number of rotatable bonds is 6. The van der Waals surface area contributed by atoms with Crippen LogP contribution in [0, 0.1) is 11.8 Å². The van der Waals surface area contributed by atoms with Crippen molar-refractivity contribution in [3.8, 4) is 5.88 Å². The second-order valence-corrected chi connectivity index (χ2v) is 10.1. The van der Waals surface area contributed by atoms with Crippen LogP contribution in [0.5, 0.6) is 5.88 Å². The number of nitrogens with one attached hydrogen (secondary N) is 1. The summed E-state index contributed by atoms with van der Waals surface area (Å²) >= 11 is 6.03. The van der Waals surface area contributed by atoms with Crippen molar-refractivity contribution in [3.05, 3.63) is 35.1 Å². The molecule has 188 valence electrons. The third-order valence-corrected chi connectivity index (χ3v) is 7.15. The molecule has 1 saturated carbocycles. The van der Waals surface area contributed by atoms with Crippen LogP contribution in [-0.2, 0) is 0 Å². The molecule has 35 heavy (non-hydrogen) atoms. The van der Waals surface area contributed by atoms with Crippen molar-refractivity contribution in [1.82, 2.24) is 24.8 Å². The molecule has 2 bridgehead atoms. The van der Waals surface area contributed by atoms with Crippen LogP contribution in [-0.4, -0.2) is 56.2 Å². The quantitative estimate of drug-likeness (QED) is 0.503. The van der Waals surface area contributed by atoms with Gasteiger partial charge in [0.05, 0.1) is 11.9 Å². The minimum atomic E-state index is -4.48. The number of nitrogens with zero attached hydrogens (tertiary/aromatic N) is 6. The molecule has 0 spiro atoms. The molecule has 2 aliphatic rings. The van der Waals surface area contributed by atoms with E-state index in [2.05, 4.69) is 30.5 Å². The predicted molar refractivity (Wildman–Crippen MR) is 126 cm³/mol. The molecule has 4 atom stereocenters. The fourth-order valence-corrected chi connectivity index (χ4v) is 5.29. The van der Waals surface area contributed by atoms with Crippen molar-refractivity contribution in [2.45, 2.75) is 57.9 Å². The Morgan fingerprint density at radius 2 is 1.86 bits per heavy atom. The lowest BCUT2D eigenvalue weighted by Gasteiger charge is -2.39. The Morgan fingerprint density at radius 1 is 1.14 bits per heavy atom. The van der Waals surface area contributed by atoms with Crippen LogP contribution in [0.15, 0.2) is 24.4 Å². The van der Waals surface area contributed by atoms with Gasteiger partial charge in [-0.05, 0) is 49.1 Å². The number of ether oxygens (including phenoxy) is 1. The van der Waals surface area contributed by atoms with E-state index >= 15 is 0 Å². The number of hydrogen-bond donors (Lipinski definition) is 1. The lowest BCUT2D eigenvalue weighted by molar-refractivity contribution is -0.190. The van der Waals surface area contributed by atoms with E-state index in [4.69, 9.17) is 16.3 Å². The molecule has 4 heterocycles. The van der Waals surface area contributed by atoms with Gasteiger partial charge < -0.3 is 15.0 Å². The molecule has 0 amide bonds. The fraction of sp³-hybridized carbons (Fsp3) is 0.565. The Kier molecular flexibility index (Phi) is 6.14. The van der Waals surface area contributed by atoms with Gasteiger partial charge in [-0.2, -0.15) is 27.8 Å². The maximum atomic E-state index is 13.1. The van der Waals surface area contributed by atoms with Gasteiger partial charge in [-0.15, -0.1) is 10.2 Å².